The van der Waals surface area contributed by atoms with Gasteiger partial charge in [0, 0.05) is 24.4 Å². The second-order valence-corrected chi connectivity index (χ2v) is 4.30. The lowest BCUT2D eigenvalue weighted by Crippen LogP contribution is -2.24. The summed E-state index contributed by atoms with van der Waals surface area (Å²) >= 11 is 0. The SMILES string of the molecule is N#Cc1ccc(O)c(N2CC(CN=[N+]=[N-])CC2=O)c1. The molecular weight excluding hydrogens is 246 g/mol. The minimum absolute atomic E-state index is 0.0446. The highest BCUT2D eigenvalue weighted by Crippen LogP contribution is 2.33. The Labute approximate surface area is 109 Å². The van der Waals surface area contributed by atoms with Gasteiger partial charge in [0.25, 0.3) is 0 Å². The third-order valence-corrected chi connectivity index (χ3v) is 3.00. The van der Waals surface area contributed by atoms with E-state index in [1.54, 1.807) is 0 Å². The fraction of sp³-hybridized carbons (Fsp3) is 0.333. The number of carbonyl (C=O) groups is 1. The molecule has 7 heteroatoms. The molecule has 1 atom stereocenters. The Bertz CT molecular complexity index is 601. The number of benzene rings is 1. The Morgan fingerprint density at radius 3 is 3.11 bits per heavy atom. The van der Waals surface area contributed by atoms with Crippen LogP contribution in [-0.4, -0.2) is 24.1 Å². The first-order chi connectivity index (χ1) is 9.15. The number of anilines is 1. The second kappa shape index (κ2) is 5.29. The third kappa shape index (κ3) is 2.59. The molecule has 19 heavy (non-hydrogen) atoms. The summed E-state index contributed by atoms with van der Waals surface area (Å²) in [6, 6.07) is 6.31. The minimum Gasteiger partial charge on any atom is -0.506 e. The van der Waals surface area contributed by atoms with Gasteiger partial charge in [-0.25, -0.2) is 0 Å². The van der Waals surface area contributed by atoms with Gasteiger partial charge in [-0.3, -0.25) is 4.79 Å². The highest BCUT2D eigenvalue weighted by atomic mass is 16.3. The average molecular weight is 257 g/mol. The van der Waals surface area contributed by atoms with E-state index in [1.165, 1.54) is 23.1 Å². The van der Waals surface area contributed by atoms with Crippen LogP contribution in [0.15, 0.2) is 23.3 Å². The van der Waals surface area contributed by atoms with Crippen LogP contribution in [0.5, 0.6) is 5.75 Å². The Balaban J connectivity index is 2.25. The highest BCUT2D eigenvalue weighted by Gasteiger charge is 2.31. The molecule has 1 aliphatic heterocycles. The first-order valence-corrected chi connectivity index (χ1v) is 5.70. The standard InChI is InChI=1S/C12H11N5O2/c13-5-8-1-2-11(18)10(3-8)17-7-9(4-12(17)19)6-15-16-14/h1-3,9,18H,4,6-7H2. The molecule has 0 spiro atoms. The minimum atomic E-state index is -0.150. The molecule has 1 aromatic carbocycles. The van der Waals surface area contributed by atoms with Crippen LogP contribution in [0.2, 0.25) is 0 Å². The average Bonchev–Trinajstić information content (AvgIpc) is 2.78. The molecule has 0 bridgehead atoms. The number of carbonyl (C=O) groups excluding carboxylic acids is 1. The molecule has 1 aliphatic rings. The summed E-state index contributed by atoms with van der Waals surface area (Å²) in [5.74, 6) is -0.256. The lowest BCUT2D eigenvalue weighted by molar-refractivity contribution is -0.117. The topological polar surface area (TPSA) is 113 Å². The molecule has 1 saturated heterocycles. The van der Waals surface area contributed by atoms with Gasteiger partial charge in [0.1, 0.15) is 5.75 Å². The number of nitriles is 1. The van der Waals surface area contributed by atoms with Crippen molar-refractivity contribution < 1.29 is 9.90 Å². The van der Waals surface area contributed by atoms with E-state index in [4.69, 9.17) is 10.8 Å². The first-order valence-electron chi connectivity index (χ1n) is 5.70. The number of phenolic OH excluding ortho intramolecular Hbond substituents is 1. The molecule has 1 aromatic rings. The third-order valence-electron chi connectivity index (χ3n) is 3.00. The monoisotopic (exact) mass is 257 g/mol. The predicted octanol–water partition coefficient (Wildman–Crippen LogP) is 1.93. The lowest BCUT2D eigenvalue weighted by Gasteiger charge is -2.18. The summed E-state index contributed by atoms with van der Waals surface area (Å²) in [6.45, 7) is 0.623. The van der Waals surface area contributed by atoms with Gasteiger partial charge in [0.2, 0.25) is 5.91 Å². The number of hydrogen-bond acceptors (Lipinski definition) is 4. The first kappa shape index (κ1) is 12.7. The smallest absolute Gasteiger partial charge is 0.227 e. The van der Waals surface area contributed by atoms with Crippen LogP contribution in [0, 0.1) is 17.2 Å². The van der Waals surface area contributed by atoms with Crippen molar-refractivity contribution in [2.45, 2.75) is 6.42 Å². The van der Waals surface area contributed by atoms with E-state index in [1.807, 2.05) is 6.07 Å². The summed E-state index contributed by atoms with van der Waals surface area (Å²) in [7, 11) is 0. The van der Waals surface area contributed by atoms with Crippen molar-refractivity contribution in [2.75, 3.05) is 18.0 Å². The van der Waals surface area contributed by atoms with Crippen molar-refractivity contribution in [3.63, 3.8) is 0 Å². The van der Waals surface area contributed by atoms with Crippen LogP contribution < -0.4 is 4.90 Å². The Kier molecular flexibility index (Phi) is 3.55. The number of azide groups is 1. The van der Waals surface area contributed by atoms with E-state index in [9.17, 15) is 9.90 Å². The maximum atomic E-state index is 11.9. The molecular formula is C12H11N5O2. The van der Waals surface area contributed by atoms with Gasteiger partial charge < -0.3 is 10.0 Å². The molecule has 1 N–H and O–H groups in total. The maximum absolute atomic E-state index is 11.9. The molecule has 96 valence electrons. The summed E-state index contributed by atoms with van der Waals surface area (Å²) in [6.07, 6.45) is 0.273. The number of phenols is 1. The van der Waals surface area contributed by atoms with Crippen LogP contribution in [0.1, 0.15) is 12.0 Å². The fourth-order valence-corrected chi connectivity index (χ4v) is 2.10. The van der Waals surface area contributed by atoms with Gasteiger partial charge in [-0.1, -0.05) is 5.11 Å². The Morgan fingerprint density at radius 2 is 2.42 bits per heavy atom. The van der Waals surface area contributed by atoms with E-state index in [0.29, 0.717) is 17.8 Å². The Hall–Kier alpha value is -2.71. The molecule has 0 aromatic heterocycles. The zero-order valence-electron chi connectivity index (χ0n) is 10.0. The molecule has 1 fully saturated rings. The van der Waals surface area contributed by atoms with Crippen molar-refractivity contribution in [1.82, 2.24) is 0 Å². The van der Waals surface area contributed by atoms with E-state index in [-0.39, 0.29) is 30.5 Å². The van der Waals surface area contributed by atoms with Crippen LogP contribution in [0.25, 0.3) is 10.4 Å². The molecule has 1 amide bonds. The fourth-order valence-electron chi connectivity index (χ4n) is 2.10. The van der Waals surface area contributed by atoms with Crippen molar-refractivity contribution in [2.24, 2.45) is 11.0 Å². The number of nitrogens with zero attached hydrogens (tertiary/aromatic N) is 5. The lowest BCUT2D eigenvalue weighted by atomic mass is 10.1. The summed E-state index contributed by atoms with van der Waals surface area (Å²) in [5.41, 5.74) is 8.97. The number of amides is 1. The second-order valence-electron chi connectivity index (χ2n) is 4.30. The van der Waals surface area contributed by atoms with Gasteiger partial charge in [-0.15, -0.1) is 0 Å². The number of hydrogen-bond donors (Lipinski definition) is 1. The van der Waals surface area contributed by atoms with Gasteiger partial charge in [-0.2, -0.15) is 5.26 Å². The van der Waals surface area contributed by atoms with Gasteiger partial charge in [0.05, 0.1) is 17.3 Å². The largest absolute Gasteiger partial charge is 0.506 e. The molecule has 7 nitrogen and oxygen atoms in total. The maximum Gasteiger partial charge on any atom is 0.227 e. The molecule has 1 unspecified atom stereocenters. The van der Waals surface area contributed by atoms with Crippen LogP contribution in [-0.2, 0) is 4.79 Å². The summed E-state index contributed by atoms with van der Waals surface area (Å²) in [4.78, 5) is 16.0. The normalized spacial score (nSPS) is 17.9. The van der Waals surface area contributed by atoms with E-state index >= 15 is 0 Å². The zero-order chi connectivity index (χ0) is 13.8. The number of rotatable bonds is 3. The van der Waals surface area contributed by atoms with Crippen LogP contribution >= 0.6 is 0 Å². The van der Waals surface area contributed by atoms with E-state index in [2.05, 4.69) is 10.0 Å². The highest BCUT2D eigenvalue weighted by molar-refractivity contribution is 5.97. The summed E-state index contributed by atoms with van der Waals surface area (Å²) < 4.78 is 0. The molecule has 2 rings (SSSR count). The quantitative estimate of drug-likeness (QED) is 0.506. The van der Waals surface area contributed by atoms with Crippen LogP contribution in [0.3, 0.4) is 0 Å². The molecule has 0 radical (unpaired) electrons. The predicted molar refractivity (Wildman–Crippen MR) is 67.3 cm³/mol. The summed E-state index contributed by atoms with van der Waals surface area (Å²) in [5, 5.41) is 22.1. The van der Waals surface area contributed by atoms with Gasteiger partial charge >= 0.3 is 0 Å². The van der Waals surface area contributed by atoms with Crippen molar-refractivity contribution in [1.29, 1.82) is 5.26 Å². The number of aromatic hydroxyl groups is 1. The zero-order valence-corrected chi connectivity index (χ0v) is 10.0. The Morgan fingerprint density at radius 1 is 1.63 bits per heavy atom. The molecule has 0 saturated carbocycles. The van der Waals surface area contributed by atoms with Gasteiger partial charge in [-0.05, 0) is 29.6 Å². The van der Waals surface area contributed by atoms with Crippen molar-refractivity contribution in [3.05, 3.63) is 34.2 Å². The molecule has 1 heterocycles. The van der Waals surface area contributed by atoms with E-state index < -0.39 is 0 Å². The van der Waals surface area contributed by atoms with Crippen LogP contribution in [0.4, 0.5) is 5.69 Å². The van der Waals surface area contributed by atoms with Gasteiger partial charge in [0.15, 0.2) is 0 Å². The molecule has 0 aliphatic carbocycles. The van der Waals surface area contributed by atoms with Crippen molar-refractivity contribution in [3.8, 4) is 11.8 Å². The van der Waals surface area contributed by atoms with E-state index in [0.717, 1.165) is 0 Å². The van der Waals surface area contributed by atoms with Crippen molar-refractivity contribution >= 4 is 11.6 Å².